The number of hydrogen-bond acceptors (Lipinski definition) is 2. The molecule has 1 heterocycles. The van der Waals surface area contributed by atoms with E-state index in [-0.39, 0.29) is 11.5 Å². The minimum atomic E-state index is -0.00611. The predicted octanol–water partition coefficient (Wildman–Crippen LogP) is 2.33. The first-order chi connectivity index (χ1) is 8.53. The normalized spacial score (nSPS) is 32.4. The van der Waals surface area contributed by atoms with Crippen LogP contribution in [-0.2, 0) is 4.79 Å². The molecule has 0 aromatic heterocycles. The van der Waals surface area contributed by atoms with Crippen LogP contribution in [0.2, 0.25) is 0 Å². The van der Waals surface area contributed by atoms with Crippen LogP contribution in [0.4, 0.5) is 0 Å². The highest BCUT2D eigenvalue weighted by atomic mass is 16.2. The molecule has 3 nitrogen and oxygen atoms in total. The average Bonchev–Trinajstić information content (AvgIpc) is 2.47. The smallest absolute Gasteiger partial charge is 0.239 e. The Bertz CT molecular complexity index is 335. The van der Waals surface area contributed by atoms with Crippen LogP contribution in [0.3, 0.4) is 0 Å². The van der Waals surface area contributed by atoms with Gasteiger partial charge < -0.3 is 10.2 Å². The van der Waals surface area contributed by atoms with Crippen LogP contribution in [0, 0.1) is 5.41 Å². The summed E-state index contributed by atoms with van der Waals surface area (Å²) in [5.74, 6) is 0.309. The Kier molecular flexibility index (Phi) is 4.10. The SMILES string of the molecule is CNC1CC(C)(C)CCN(C2CC=CCC2)C1=O. The second-order valence-electron chi connectivity index (χ2n) is 6.43. The molecule has 1 fully saturated rings. The van der Waals surface area contributed by atoms with E-state index >= 15 is 0 Å². The molecule has 1 aliphatic carbocycles. The molecular formula is C15H26N2O. The lowest BCUT2D eigenvalue weighted by Crippen LogP contribution is -2.48. The van der Waals surface area contributed by atoms with Crippen LogP contribution in [-0.4, -0.2) is 36.5 Å². The van der Waals surface area contributed by atoms with Gasteiger partial charge in [-0.05, 0) is 44.6 Å². The lowest BCUT2D eigenvalue weighted by molar-refractivity contribution is -0.135. The van der Waals surface area contributed by atoms with Gasteiger partial charge in [-0.1, -0.05) is 26.0 Å². The van der Waals surface area contributed by atoms with Crippen LogP contribution in [0.1, 0.15) is 46.0 Å². The van der Waals surface area contributed by atoms with Gasteiger partial charge in [0, 0.05) is 12.6 Å². The highest BCUT2D eigenvalue weighted by Gasteiger charge is 2.36. The monoisotopic (exact) mass is 250 g/mol. The largest absolute Gasteiger partial charge is 0.338 e. The first kappa shape index (κ1) is 13.6. The number of carbonyl (C=O) groups excluding carboxylic acids is 1. The van der Waals surface area contributed by atoms with E-state index in [9.17, 15) is 4.79 Å². The number of amides is 1. The molecule has 3 heteroatoms. The molecule has 0 saturated carbocycles. The van der Waals surface area contributed by atoms with E-state index in [0.717, 1.165) is 38.6 Å². The van der Waals surface area contributed by atoms with Crippen LogP contribution in [0.15, 0.2) is 12.2 Å². The van der Waals surface area contributed by atoms with E-state index in [0.29, 0.717) is 11.9 Å². The minimum absolute atomic E-state index is 0.00611. The van der Waals surface area contributed by atoms with Gasteiger partial charge in [-0.2, -0.15) is 0 Å². The number of rotatable bonds is 2. The minimum Gasteiger partial charge on any atom is -0.338 e. The van der Waals surface area contributed by atoms with Crippen molar-refractivity contribution in [1.82, 2.24) is 10.2 Å². The maximum Gasteiger partial charge on any atom is 0.239 e. The second kappa shape index (κ2) is 5.43. The fraction of sp³-hybridized carbons (Fsp3) is 0.800. The van der Waals surface area contributed by atoms with Gasteiger partial charge in [0.1, 0.15) is 0 Å². The zero-order chi connectivity index (χ0) is 13.2. The van der Waals surface area contributed by atoms with E-state index in [1.807, 2.05) is 7.05 Å². The van der Waals surface area contributed by atoms with Crippen molar-refractivity contribution in [2.45, 2.75) is 58.0 Å². The van der Waals surface area contributed by atoms with Gasteiger partial charge in [0.25, 0.3) is 0 Å². The number of carbonyl (C=O) groups is 1. The Labute approximate surface area is 111 Å². The van der Waals surface area contributed by atoms with Crippen molar-refractivity contribution in [3.8, 4) is 0 Å². The van der Waals surface area contributed by atoms with Gasteiger partial charge in [-0.3, -0.25) is 4.79 Å². The Morgan fingerprint density at radius 2 is 2.17 bits per heavy atom. The van der Waals surface area contributed by atoms with Gasteiger partial charge in [-0.25, -0.2) is 0 Å². The maximum atomic E-state index is 12.6. The van der Waals surface area contributed by atoms with E-state index in [1.54, 1.807) is 0 Å². The van der Waals surface area contributed by atoms with Crippen LogP contribution < -0.4 is 5.32 Å². The third-order valence-electron chi connectivity index (χ3n) is 4.40. The molecule has 102 valence electrons. The summed E-state index contributed by atoms with van der Waals surface area (Å²) in [6.07, 6.45) is 9.78. The van der Waals surface area contributed by atoms with Crippen molar-refractivity contribution < 1.29 is 4.79 Å². The summed E-state index contributed by atoms with van der Waals surface area (Å²) in [6.45, 7) is 5.46. The third kappa shape index (κ3) is 2.94. The highest BCUT2D eigenvalue weighted by molar-refractivity contribution is 5.82. The molecule has 0 aromatic carbocycles. The van der Waals surface area contributed by atoms with Gasteiger partial charge in [0.15, 0.2) is 0 Å². The molecule has 2 rings (SSSR count). The third-order valence-corrected chi connectivity index (χ3v) is 4.40. The standard InChI is InChI=1S/C15H26N2O/c1-15(2)9-10-17(12-7-5-4-6-8-12)14(18)13(11-15)16-3/h4-5,12-13,16H,6-11H2,1-3H3. The summed E-state index contributed by atoms with van der Waals surface area (Å²) >= 11 is 0. The first-order valence-corrected chi connectivity index (χ1v) is 7.16. The van der Waals surface area contributed by atoms with Crippen molar-refractivity contribution in [3.63, 3.8) is 0 Å². The number of likely N-dealkylation sites (tertiary alicyclic amines) is 1. The fourth-order valence-electron chi connectivity index (χ4n) is 3.12. The Morgan fingerprint density at radius 3 is 2.78 bits per heavy atom. The van der Waals surface area contributed by atoms with Crippen molar-refractivity contribution in [3.05, 3.63) is 12.2 Å². The summed E-state index contributed by atoms with van der Waals surface area (Å²) in [4.78, 5) is 14.7. The molecule has 0 aromatic rings. The summed E-state index contributed by atoms with van der Waals surface area (Å²) in [5.41, 5.74) is 0.253. The fourth-order valence-corrected chi connectivity index (χ4v) is 3.12. The lowest BCUT2D eigenvalue weighted by atomic mass is 9.83. The number of allylic oxidation sites excluding steroid dienone is 1. The quantitative estimate of drug-likeness (QED) is 0.763. The average molecular weight is 250 g/mol. The zero-order valence-corrected chi connectivity index (χ0v) is 11.9. The van der Waals surface area contributed by atoms with Crippen molar-refractivity contribution in [1.29, 1.82) is 0 Å². The van der Waals surface area contributed by atoms with Crippen molar-refractivity contribution >= 4 is 5.91 Å². The molecule has 1 saturated heterocycles. The molecule has 2 aliphatic rings. The summed E-state index contributed by atoms with van der Waals surface area (Å²) < 4.78 is 0. The zero-order valence-electron chi connectivity index (χ0n) is 11.9. The molecule has 18 heavy (non-hydrogen) atoms. The molecule has 1 N–H and O–H groups in total. The van der Waals surface area contributed by atoms with Crippen LogP contribution >= 0.6 is 0 Å². The molecule has 0 radical (unpaired) electrons. The molecule has 2 unspecified atom stereocenters. The number of likely N-dealkylation sites (N-methyl/N-ethyl adjacent to an activating group) is 1. The Balaban J connectivity index is 2.14. The molecular weight excluding hydrogens is 224 g/mol. The number of hydrogen-bond donors (Lipinski definition) is 1. The maximum absolute atomic E-state index is 12.6. The van der Waals surface area contributed by atoms with E-state index < -0.39 is 0 Å². The van der Waals surface area contributed by atoms with Gasteiger partial charge in [0.05, 0.1) is 6.04 Å². The van der Waals surface area contributed by atoms with Gasteiger partial charge >= 0.3 is 0 Å². The van der Waals surface area contributed by atoms with Crippen molar-refractivity contribution in [2.24, 2.45) is 5.41 Å². The van der Waals surface area contributed by atoms with Crippen LogP contribution in [0.25, 0.3) is 0 Å². The summed E-state index contributed by atoms with van der Waals surface area (Å²) in [6, 6.07) is 0.417. The Hall–Kier alpha value is -0.830. The summed E-state index contributed by atoms with van der Waals surface area (Å²) in [7, 11) is 1.91. The number of nitrogens with zero attached hydrogens (tertiary/aromatic N) is 1. The predicted molar refractivity (Wildman–Crippen MR) is 74.4 cm³/mol. The van der Waals surface area contributed by atoms with Crippen LogP contribution in [0.5, 0.6) is 0 Å². The molecule has 0 bridgehead atoms. The first-order valence-electron chi connectivity index (χ1n) is 7.16. The Morgan fingerprint density at radius 1 is 1.39 bits per heavy atom. The molecule has 2 atom stereocenters. The molecule has 1 aliphatic heterocycles. The topological polar surface area (TPSA) is 32.3 Å². The highest BCUT2D eigenvalue weighted by Crippen LogP contribution is 2.32. The van der Waals surface area contributed by atoms with E-state index in [2.05, 4.69) is 36.2 Å². The van der Waals surface area contributed by atoms with Crippen molar-refractivity contribution in [2.75, 3.05) is 13.6 Å². The van der Waals surface area contributed by atoms with Gasteiger partial charge in [-0.15, -0.1) is 0 Å². The van der Waals surface area contributed by atoms with E-state index in [4.69, 9.17) is 0 Å². The number of nitrogens with one attached hydrogen (secondary N) is 1. The second-order valence-corrected chi connectivity index (χ2v) is 6.43. The molecule has 1 amide bonds. The molecule has 0 spiro atoms. The van der Waals surface area contributed by atoms with E-state index in [1.165, 1.54) is 0 Å². The van der Waals surface area contributed by atoms with Gasteiger partial charge in [0.2, 0.25) is 5.91 Å². The lowest BCUT2D eigenvalue weighted by Gasteiger charge is -2.33. The summed E-state index contributed by atoms with van der Waals surface area (Å²) in [5, 5.41) is 3.21.